The van der Waals surface area contributed by atoms with Crippen LogP contribution in [0.2, 0.25) is 0 Å². The third kappa shape index (κ3) is 2.63. The van der Waals surface area contributed by atoms with Gasteiger partial charge in [0.15, 0.2) is 0 Å². The summed E-state index contributed by atoms with van der Waals surface area (Å²) < 4.78 is 1.95. The summed E-state index contributed by atoms with van der Waals surface area (Å²) in [5.41, 5.74) is 10.8. The quantitative estimate of drug-likeness (QED) is 0.927. The van der Waals surface area contributed by atoms with Crippen molar-refractivity contribution >= 4 is 0 Å². The molecule has 1 aromatic heterocycles. The van der Waals surface area contributed by atoms with E-state index in [9.17, 15) is 0 Å². The fraction of sp³-hybridized carbons (Fsp3) is 0.471. The number of nitrogens with zero attached hydrogens (tertiary/aromatic N) is 2. The van der Waals surface area contributed by atoms with Gasteiger partial charge in [0, 0.05) is 25.0 Å². The van der Waals surface area contributed by atoms with Crippen LogP contribution >= 0.6 is 0 Å². The van der Waals surface area contributed by atoms with Crippen LogP contribution in [0.1, 0.15) is 42.0 Å². The Morgan fingerprint density at radius 2 is 2.20 bits per heavy atom. The molecular weight excluding hydrogens is 246 g/mol. The molecule has 1 aromatic carbocycles. The van der Waals surface area contributed by atoms with Gasteiger partial charge in [0.1, 0.15) is 0 Å². The number of aromatic nitrogens is 2. The molecule has 3 nitrogen and oxygen atoms in total. The normalized spacial score (nSPS) is 19.6. The van der Waals surface area contributed by atoms with E-state index in [0.29, 0.717) is 5.92 Å². The number of benzene rings is 1. The molecule has 0 fully saturated rings. The molecular formula is C17H23N3. The summed E-state index contributed by atoms with van der Waals surface area (Å²) in [5.74, 6) is 0.521. The van der Waals surface area contributed by atoms with Gasteiger partial charge in [0.25, 0.3) is 0 Å². The molecule has 106 valence electrons. The zero-order chi connectivity index (χ0) is 13.9. The lowest BCUT2D eigenvalue weighted by Crippen LogP contribution is -2.31. The molecule has 1 heterocycles. The van der Waals surface area contributed by atoms with Gasteiger partial charge < -0.3 is 5.73 Å². The maximum atomic E-state index is 6.50. The second-order valence-corrected chi connectivity index (χ2v) is 5.85. The lowest BCUT2D eigenvalue weighted by Gasteiger charge is -2.30. The highest BCUT2D eigenvalue weighted by Crippen LogP contribution is 2.34. The molecule has 20 heavy (non-hydrogen) atoms. The van der Waals surface area contributed by atoms with Gasteiger partial charge in [0.05, 0.1) is 0 Å². The predicted molar refractivity (Wildman–Crippen MR) is 81.6 cm³/mol. The van der Waals surface area contributed by atoms with Crippen molar-refractivity contribution < 1.29 is 0 Å². The van der Waals surface area contributed by atoms with Crippen LogP contribution in [0.5, 0.6) is 0 Å². The third-order valence-corrected chi connectivity index (χ3v) is 4.59. The van der Waals surface area contributed by atoms with Crippen LogP contribution in [0.3, 0.4) is 0 Å². The summed E-state index contributed by atoms with van der Waals surface area (Å²) in [4.78, 5) is 0. The average molecular weight is 269 g/mol. The Kier molecular flexibility index (Phi) is 3.88. The summed E-state index contributed by atoms with van der Waals surface area (Å²) in [6, 6.07) is 11.1. The van der Waals surface area contributed by atoms with Crippen LogP contribution in [0.15, 0.2) is 36.5 Å². The summed E-state index contributed by atoms with van der Waals surface area (Å²) in [6.45, 7) is 0. The molecule has 0 saturated heterocycles. The molecule has 2 N–H and O–H groups in total. The number of rotatable bonds is 4. The first-order chi connectivity index (χ1) is 9.75. The number of fused-ring (bicyclic) bond motifs is 1. The Hall–Kier alpha value is -1.61. The Bertz CT molecular complexity index is 573. The van der Waals surface area contributed by atoms with E-state index >= 15 is 0 Å². The Morgan fingerprint density at radius 3 is 3.00 bits per heavy atom. The fourth-order valence-corrected chi connectivity index (χ4v) is 3.40. The smallest absolute Gasteiger partial charge is 0.0492 e. The van der Waals surface area contributed by atoms with Crippen molar-refractivity contribution in [2.45, 2.75) is 44.1 Å². The molecule has 0 aliphatic heterocycles. The molecule has 3 rings (SSSR count). The highest BCUT2D eigenvalue weighted by Gasteiger charge is 2.25. The minimum absolute atomic E-state index is 0.242. The largest absolute Gasteiger partial charge is 0.327 e. The highest BCUT2D eigenvalue weighted by molar-refractivity contribution is 5.33. The second kappa shape index (κ2) is 5.80. The molecule has 1 aliphatic rings. The number of hydrogen-bond acceptors (Lipinski definition) is 2. The maximum absolute atomic E-state index is 6.50. The van der Waals surface area contributed by atoms with Gasteiger partial charge in [-0.25, -0.2) is 0 Å². The van der Waals surface area contributed by atoms with E-state index in [2.05, 4.69) is 35.4 Å². The van der Waals surface area contributed by atoms with Crippen LogP contribution in [-0.2, 0) is 19.9 Å². The molecule has 0 spiro atoms. The summed E-state index contributed by atoms with van der Waals surface area (Å²) >= 11 is 0. The zero-order valence-electron chi connectivity index (χ0n) is 12.1. The van der Waals surface area contributed by atoms with E-state index < -0.39 is 0 Å². The zero-order valence-corrected chi connectivity index (χ0v) is 12.1. The van der Waals surface area contributed by atoms with Crippen molar-refractivity contribution in [2.75, 3.05) is 0 Å². The standard InChI is InChI=1S/C17H23N3/c1-20-14(11-12-19-20)9-10-17(18)16-8-4-6-13-5-2-3-7-15(13)16/h2-3,5,7,11-12,16-17H,4,6,8-10,18H2,1H3. The van der Waals surface area contributed by atoms with E-state index in [1.807, 2.05) is 17.9 Å². The lowest BCUT2D eigenvalue weighted by molar-refractivity contribution is 0.438. The maximum Gasteiger partial charge on any atom is 0.0492 e. The van der Waals surface area contributed by atoms with Crippen LogP contribution in [0.25, 0.3) is 0 Å². The molecule has 0 saturated carbocycles. The first kappa shape index (κ1) is 13.4. The van der Waals surface area contributed by atoms with Crippen LogP contribution in [0.4, 0.5) is 0 Å². The van der Waals surface area contributed by atoms with Crippen molar-refractivity contribution in [1.82, 2.24) is 9.78 Å². The Balaban J connectivity index is 1.69. The molecule has 1 aliphatic carbocycles. The van der Waals surface area contributed by atoms with Gasteiger partial charge in [-0.3, -0.25) is 4.68 Å². The highest BCUT2D eigenvalue weighted by atomic mass is 15.2. The summed E-state index contributed by atoms with van der Waals surface area (Å²) in [6.07, 6.45) is 7.59. The summed E-state index contributed by atoms with van der Waals surface area (Å²) in [7, 11) is 2.00. The van der Waals surface area contributed by atoms with Crippen LogP contribution < -0.4 is 5.73 Å². The second-order valence-electron chi connectivity index (χ2n) is 5.85. The van der Waals surface area contributed by atoms with E-state index in [1.54, 1.807) is 0 Å². The first-order valence-corrected chi connectivity index (χ1v) is 7.56. The van der Waals surface area contributed by atoms with Gasteiger partial charge in [-0.05, 0) is 55.2 Å². The number of nitrogens with two attached hydrogens (primary N) is 1. The van der Waals surface area contributed by atoms with Crippen LogP contribution in [-0.4, -0.2) is 15.8 Å². The van der Waals surface area contributed by atoms with Gasteiger partial charge in [-0.15, -0.1) is 0 Å². The van der Waals surface area contributed by atoms with Crippen molar-refractivity contribution in [3.05, 3.63) is 53.3 Å². The molecule has 2 unspecified atom stereocenters. The fourth-order valence-electron chi connectivity index (χ4n) is 3.40. The van der Waals surface area contributed by atoms with Crippen molar-refractivity contribution in [1.29, 1.82) is 0 Å². The van der Waals surface area contributed by atoms with Gasteiger partial charge in [-0.1, -0.05) is 24.3 Å². The molecule has 0 bridgehead atoms. The molecule has 0 radical (unpaired) electrons. The van der Waals surface area contributed by atoms with Gasteiger partial charge in [-0.2, -0.15) is 5.10 Å². The van der Waals surface area contributed by atoms with Crippen molar-refractivity contribution in [2.24, 2.45) is 12.8 Å². The molecule has 3 heteroatoms. The van der Waals surface area contributed by atoms with E-state index in [-0.39, 0.29) is 6.04 Å². The van der Waals surface area contributed by atoms with Gasteiger partial charge >= 0.3 is 0 Å². The lowest BCUT2D eigenvalue weighted by atomic mass is 9.78. The first-order valence-electron chi connectivity index (χ1n) is 7.56. The monoisotopic (exact) mass is 269 g/mol. The number of hydrogen-bond donors (Lipinski definition) is 1. The Morgan fingerprint density at radius 1 is 1.35 bits per heavy atom. The molecule has 2 atom stereocenters. The number of aryl methyl sites for hydroxylation is 3. The summed E-state index contributed by atoms with van der Waals surface area (Å²) in [5, 5.41) is 4.22. The molecule has 2 aromatic rings. The van der Waals surface area contributed by atoms with Crippen LogP contribution in [0, 0.1) is 0 Å². The SMILES string of the molecule is Cn1nccc1CCC(N)C1CCCc2ccccc21. The van der Waals surface area contributed by atoms with E-state index in [0.717, 1.165) is 12.8 Å². The minimum atomic E-state index is 0.242. The average Bonchev–Trinajstić information content (AvgIpc) is 2.89. The minimum Gasteiger partial charge on any atom is -0.327 e. The predicted octanol–water partition coefficient (Wildman–Crippen LogP) is 2.80. The Labute approximate surface area is 120 Å². The van der Waals surface area contributed by atoms with E-state index in [1.165, 1.54) is 36.1 Å². The molecule has 0 amide bonds. The third-order valence-electron chi connectivity index (χ3n) is 4.59. The van der Waals surface area contributed by atoms with Gasteiger partial charge in [0.2, 0.25) is 0 Å². The van der Waals surface area contributed by atoms with Crippen molar-refractivity contribution in [3.8, 4) is 0 Å². The topological polar surface area (TPSA) is 43.8 Å². The van der Waals surface area contributed by atoms with Crippen molar-refractivity contribution in [3.63, 3.8) is 0 Å². The van der Waals surface area contributed by atoms with E-state index in [4.69, 9.17) is 5.73 Å².